The number of hydrogen-bond acceptors (Lipinski definition) is 5. The van der Waals surface area contributed by atoms with E-state index in [1.807, 2.05) is 0 Å². The number of carboxylic acid groups (broad SMARTS) is 1. The van der Waals surface area contributed by atoms with Crippen LogP contribution >= 0.6 is 0 Å². The number of carboxylic acids is 1. The Kier molecular flexibility index (Phi) is 5.99. The molecule has 0 radical (unpaired) electrons. The Labute approximate surface area is 120 Å². The number of benzene rings is 1. The van der Waals surface area contributed by atoms with Crippen molar-refractivity contribution in [1.29, 1.82) is 0 Å². The molecular weight excluding hydrogens is 280 g/mol. The van der Waals surface area contributed by atoms with Crippen molar-refractivity contribution < 1.29 is 29.0 Å². The predicted octanol–water partition coefficient (Wildman–Crippen LogP) is -0.481. The number of primary amides is 1. The molecular formula is C13H16N2O6. The van der Waals surface area contributed by atoms with E-state index >= 15 is 0 Å². The summed E-state index contributed by atoms with van der Waals surface area (Å²) in [6.45, 7) is -0.380. The van der Waals surface area contributed by atoms with Crippen LogP contribution in [0.15, 0.2) is 24.3 Å². The maximum atomic E-state index is 11.6. The third kappa shape index (κ3) is 5.81. The molecule has 0 unspecified atom stereocenters. The van der Waals surface area contributed by atoms with Gasteiger partial charge in [0, 0.05) is 0 Å². The molecule has 0 spiro atoms. The molecule has 8 heteroatoms. The van der Waals surface area contributed by atoms with E-state index in [2.05, 4.69) is 5.32 Å². The average molecular weight is 296 g/mol. The lowest BCUT2D eigenvalue weighted by molar-refractivity contribution is -0.143. The van der Waals surface area contributed by atoms with Gasteiger partial charge in [0.05, 0.1) is 13.5 Å². The minimum atomic E-state index is -1.37. The fourth-order valence-electron chi connectivity index (χ4n) is 1.46. The summed E-state index contributed by atoms with van der Waals surface area (Å²) in [6, 6.07) is 5.14. The topological polar surface area (TPSA) is 128 Å². The lowest BCUT2D eigenvalue weighted by Crippen LogP contribution is -2.45. The Balaban J connectivity index is 2.48. The smallest absolute Gasteiger partial charge is 0.326 e. The van der Waals surface area contributed by atoms with Gasteiger partial charge in [-0.25, -0.2) is 4.79 Å². The number of aliphatic carboxylic acids is 1. The summed E-state index contributed by atoms with van der Waals surface area (Å²) in [6.07, 6.45) is -0.483. The highest BCUT2D eigenvalue weighted by molar-refractivity contribution is 5.88. The molecule has 2 amide bonds. The van der Waals surface area contributed by atoms with Gasteiger partial charge in [0.2, 0.25) is 5.91 Å². The monoisotopic (exact) mass is 296 g/mol. The minimum absolute atomic E-state index is 0.380. The second-order valence-electron chi connectivity index (χ2n) is 4.09. The summed E-state index contributed by atoms with van der Waals surface area (Å²) in [5.74, 6) is -1.77. The summed E-state index contributed by atoms with van der Waals surface area (Å²) in [4.78, 5) is 33.1. The molecule has 0 aliphatic carbocycles. The maximum Gasteiger partial charge on any atom is 0.326 e. The van der Waals surface area contributed by atoms with Crippen molar-refractivity contribution in [1.82, 2.24) is 5.32 Å². The lowest BCUT2D eigenvalue weighted by Gasteiger charge is -2.13. The minimum Gasteiger partial charge on any atom is -0.497 e. The molecule has 0 saturated carbocycles. The van der Waals surface area contributed by atoms with Gasteiger partial charge in [-0.2, -0.15) is 0 Å². The number of amides is 2. The molecule has 1 aromatic rings. The molecule has 0 aliphatic rings. The van der Waals surface area contributed by atoms with Crippen molar-refractivity contribution in [2.75, 3.05) is 13.7 Å². The van der Waals surface area contributed by atoms with Gasteiger partial charge in [0.1, 0.15) is 17.5 Å². The van der Waals surface area contributed by atoms with Crippen LogP contribution in [-0.4, -0.2) is 42.6 Å². The first kappa shape index (κ1) is 16.3. The molecule has 1 rings (SSSR count). The van der Waals surface area contributed by atoms with Crippen molar-refractivity contribution in [2.45, 2.75) is 12.5 Å². The summed E-state index contributed by atoms with van der Waals surface area (Å²) in [7, 11) is 1.52. The Morgan fingerprint density at radius 1 is 1.24 bits per heavy atom. The van der Waals surface area contributed by atoms with Gasteiger partial charge in [0.15, 0.2) is 6.61 Å². The number of nitrogens with one attached hydrogen (secondary N) is 1. The van der Waals surface area contributed by atoms with Crippen LogP contribution in [-0.2, 0) is 14.4 Å². The zero-order valence-corrected chi connectivity index (χ0v) is 11.4. The normalized spacial score (nSPS) is 11.3. The van der Waals surface area contributed by atoms with Gasteiger partial charge in [-0.15, -0.1) is 0 Å². The van der Waals surface area contributed by atoms with E-state index in [1.54, 1.807) is 24.3 Å². The molecule has 21 heavy (non-hydrogen) atoms. The fourth-order valence-corrected chi connectivity index (χ4v) is 1.46. The maximum absolute atomic E-state index is 11.6. The molecule has 0 aromatic heterocycles. The Bertz CT molecular complexity index is 514. The number of hydrogen-bond donors (Lipinski definition) is 3. The van der Waals surface area contributed by atoms with E-state index in [1.165, 1.54) is 7.11 Å². The molecule has 0 saturated heterocycles. The van der Waals surface area contributed by atoms with Crippen molar-refractivity contribution in [2.24, 2.45) is 5.73 Å². The Hall–Kier alpha value is -2.77. The predicted molar refractivity (Wildman–Crippen MR) is 71.9 cm³/mol. The first-order valence-electron chi connectivity index (χ1n) is 5.99. The first-order valence-corrected chi connectivity index (χ1v) is 5.99. The zero-order valence-electron chi connectivity index (χ0n) is 11.4. The largest absolute Gasteiger partial charge is 0.497 e. The van der Waals surface area contributed by atoms with Crippen molar-refractivity contribution in [3.8, 4) is 11.5 Å². The molecule has 0 aliphatic heterocycles. The highest BCUT2D eigenvalue weighted by atomic mass is 16.5. The van der Waals surface area contributed by atoms with Gasteiger partial charge in [-0.3, -0.25) is 9.59 Å². The van der Waals surface area contributed by atoms with E-state index in [9.17, 15) is 14.4 Å². The Morgan fingerprint density at radius 3 is 2.29 bits per heavy atom. The van der Waals surface area contributed by atoms with Gasteiger partial charge in [-0.1, -0.05) is 0 Å². The van der Waals surface area contributed by atoms with Gasteiger partial charge in [0.25, 0.3) is 5.91 Å². The highest BCUT2D eigenvalue weighted by Gasteiger charge is 2.22. The van der Waals surface area contributed by atoms with Crippen molar-refractivity contribution >= 4 is 17.8 Å². The number of nitrogens with two attached hydrogens (primary N) is 1. The van der Waals surface area contributed by atoms with Crippen LogP contribution in [0.3, 0.4) is 0 Å². The highest BCUT2D eigenvalue weighted by Crippen LogP contribution is 2.16. The molecule has 1 atom stereocenters. The quantitative estimate of drug-likeness (QED) is 0.594. The lowest BCUT2D eigenvalue weighted by atomic mass is 10.2. The Morgan fingerprint density at radius 2 is 1.81 bits per heavy atom. The second kappa shape index (κ2) is 7.73. The SMILES string of the molecule is COc1ccc(OCC(=O)N[C@H](CC(N)=O)C(=O)O)cc1. The number of carbonyl (C=O) groups is 3. The summed E-state index contributed by atoms with van der Waals surface area (Å²) >= 11 is 0. The second-order valence-corrected chi connectivity index (χ2v) is 4.09. The molecule has 114 valence electrons. The van der Waals surface area contributed by atoms with Crippen molar-refractivity contribution in [3.05, 3.63) is 24.3 Å². The fraction of sp³-hybridized carbons (Fsp3) is 0.308. The van der Waals surface area contributed by atoms with Crippen molar-refractivity contribution in [3.63, 3.8) is 0 Å². The standard InChI is InChI=1S/C13H16N2O6/c1-20-8-2-4-9(5-3-8)21-7-12(17)15-10(13(18)19)6-11(14)16/h2-5,10H,6-7H2,1H3,(H2,14,16)(H,15,17)(H,18,19)/t10-/m1/s1. The van der Waals surface area contributed by atoms with Crippen LogP contribution in [0.1, 0.15) is 6.42 Å². The van der Waals surface area contributed by atoms with E-state index in [-0.39, 0.29) is 6.61 Å². The third-order valence-corrected chi connectivity index (χ3v) is 2.47. The van der Waals surface area contributed by atoms with Crippen LogP contribution in [0.4, 0.5) is 0 Å². The molecule has 8 nitrogen and oxygen atoms in total. The summed E-state index contributed by atoms with van der Waals surface area (Å²) < 4.78 is 10.1. The van der Waals surface area contributed by atoms with Gasteiger partial charge in [-0.05, 0) is 24.3 Å². The molecule has 1 aromatic carbocycles. The average Bonchev–Trinajstić information content (AvgIpc) is 2.44. The van der Waals surface area contributed by atoms with E-state index in [0.29, 0.717) is 11.5 Å². The van der Waals surface area contributed by atoms with E-state index < -0.39 is 30.2 Å². The number of rotatable bonds is 8. The molecule has 0 fully saturated rings. The summed E-state index contributed by atoms with van der Waals surface area (Å²) in [5.41, 5.74) is 4.90. The van der Waals surface area contributed by atoms with E-state index in [0.717, 1.165) is 0 Å². The number of carbonyl (C=O) groups excluding carboxylic acids is 2. The first-order chi connectivity index (χ1) is 9.92. The molecule has 4 N–H and O–H groups in total. The van der Waals surface area contributed by atoms with Crippen LogP contribution in [0.2, 0.25) is 0 Å². The van der Waals surface area contributed by atoms with E-state index in [4.69, 9.17) is 20.3 Å². The third-order valence-electron chi connectivity index (χ3n) is 2.47. The number of methoxy groups -OCH3 is 1. The van der Waals surface area contributed by atoms with Gasteiger partial charge < -0.3 is 25.6 Å². The van der Waals surface area contributed by atoms with Crippen LogP contribution < -0.4 is 20.5 Å². The zero-order chi connectivity index (χ0) is 15.8. The number of ether oxygens (including phenoxy) is 2. The van der Waals surface area contributed by atoms with Crippen LogP contribution in [0.25, 0.3) is 0 Å². The van der Waals surface area contributed by atoms with Crippen LogP contribution in [0, 0.1) is 0 Å². The molecule has 0 heterocycles. The summed E-state index contributed by atoms with van der Waals surface area (Å²) in [5, 5.41) is 11.0. The molecule has 0 bridgehead atoms. The van der Waals surface area contributed by atoms with Crippen LogP contribution in [0.5, 0.6) is 11.5 Å². The van der Waals surface area contributed by atoms with Gasteiger partial charge >= 0.3 is 5.97 Å².